The van der Waals surface area contributed by atoms with Crippen LogP contribution in [0.5, 0.6) is 0 Å². The summed E-state index contributed by atoms with van der Waals surface area (Å²) in [7, 11) is 0. The summed E-state index contributed by atoms with van der Waals surface area (Å²) in [6, 6.07) is 73.7. The molecule has 0 radical (unpaired) electrons. The van der Waals surface area contributed by atoms with Gasteiger partial charge in [0.25, 0.3) is 0 Å². The van der Waals surface area contributed by atoms with Crippen molar-refractivity contribution >= 4 is 66.8 Å². The molecule has 2 aliphatic carbocycles. The standard InChI is InChI=1S/C71H62N2O/c1-43-35-44(2)38-51(37-43)72(49-31-27-47(28-32-49)69(5,6)7)62-41-60-65(56-22-12-11-21-55(56)62)67-61(71(60)58-24-16-13-19-53(58)54-20-14-17-25-59(54)71)42-63(66-57-23-15-18-26-64(57)74-68(66)67)73(52-39-45(3)36-46(4)40-52)50-33-29-48(30-34-50)70(8,9)10/h11-42H,1-10H3. The zero-order valence-corrected chi connectivity index (χ0v) is 44.3. The number of benzene rings is 10. The van der Waals surface area contributed by atoms with Crippen LogP contribution in [0.2, 0.25) is 0 Å². The molecule has 0 saturated heterocycles. The summed E-state index contributed by atoms with van der Waals surface area (Å²) in [6.45, 7) is 22.6. The van der Waals surface area contributed by atoms with E-state index in [1.54, 1.807) is 0 Å². The molecule has 0 amide bonds. The van der Waals surface area contributed by atoms with Gasteiger partial charge in [-0.05, 0) is 183 Å². The highest BCUT2D eigenvalue weighted by molar-refractivity contribution is 6.23. The van der Waals surface area contributed by atoms with Crippen LogP contribution in [0.15, 0.2) is 199 Å². The van der Waals surface area contributed by atoms with Crippen LogP contribution in [0.4, 0.5) is 34.1 Å². The van der Waals surface area contributed by atoms with E-state index >= 15 is 0 Å². The molecule has 74 heavy (non-hydrogen) atoms. The molecule has 3 nitrogen and oxygen atoms in total. The normalized spacial score (nSPS) is 13.4. The zero-order valence-electron chi connectivity index (χ0n) is 44.3. The van der Waals surface area contributed by atoms with E-state index in [0.717, 1.165) is 61.6 Å². The number of anilines is 6. The van der Waals surface area contributed by atoms with E-state index in [4.69, 9.17) is 4.42 Å². The summed E-state index contributed by atoms with van der Waals surface area (Å²) in [5, 5.41) is 4.57. The fourth-order valence-corrected chi connectivity index (χ4v) is 12.9. The minimum absolute atomic E-state index is 0.00243. The predicted molar refractivity (Wildman–Crippen MR) is 313 cm³/mol. The highest BCUT2D eigenvalue weighted by Crippen LogP contribution is 2.67. The lowest BCUT2D eigenvalue weighted by atomic mass is 9.70. The van der Waals surface area contributed by atoms with Crippen LogP contribution < -0.4 is 9.80 Å². The maximum absolute atomic E-state index is 7.50. The molecule has 1 spiro atoms. The first-order valence-corrected chi connectivity index (χ1v) is 26.3. The predicted octanol–water partition coefficient (Wildman–Crippen LogP) is 19.9. The van der Waals surface area contributed by atoms with Gasteiger partial charge in [0.15, 0.2) is 0 Å². The van der Waals surface area contributed by atoms with Crippen molar-refractivity contribution < 1.29 is 4.42 Å². The minimum Gasteiger partial charge on any atom is -0.455 e. The van der Waals surface area contributed by atoms with Gasteiger partial charge in [0.2, 0.25) is 0 Å². The smallest absolute Gasteiger partial charge is 0.145 e. The fraction of sp³-hybridized carbons (Fsp3) is 0.183. The van der Waals surface area contributed by atoms with Gasteiger partial charge in [0, 0.05) is 39.1 Å². The van der Waals surface area contributed by atoms with Gasteiger partial charge in [-0.15, -0.1) is 0 Å². The van der Waals surface area contributed by atoms with E-state index in [2.05, 4.69) is 273 Å². The molecule has 0 saturated carbocycles. The van der Waals surface area contributed by atoms with Gasteiger partial charge in [-0.2, -0.15) is 0 Å². The minimum atomic E-state index is -0.729. The zero-order chi connectivity index (χ0) is 51.0. The highest BCUT2D eigenvalue weighted by atomic mass is 16.3. The summed E-state index contributed by atoms with van der Waals surface area (Å²) >= 11 is 0. The van der Waals surface area contributed by atoms with Gasteiger partial charge in [0.05, 0.1) is 22.2 Å². The molecule has 0 N–H and O–H groups in total. The lowest BCUT2D eigenvalue weighted by Gasteiger charge is -2.34. The van der Waals surface area contributed by atoms with E-state index in [0.29, 0.717) is 0 Å². The Kier molecular flexibility index (Phi) is 10.2. The molecule has 2 aliphatic rings. The second kappa shape index (κ2) is 16.4. The third kappa shape index (κ3) is 6.86. The highest BCUT2D eigenvalue weighted by Gasteiger charge is 2.54. The third-order valence-corrected chi connectivity index (χ3v) is 16.1. The van der Waals surface area contributed by atoms with Crippen LogP contribution in [0.3, 0.4) is 0 Å². The lowest BCUT2D eigenvalue weighted by Crippen LogP contribution is -2.26. The first-order valence-electron chi connectivity index (χ1n) is 26.3. The number of rotatable bonds is 6. The molecule has 0 unspecified atom stereocenters. The van der Waals surface area contributed by atoms with Crippen molar-refractivity contribution in [1.29, 1.82) is 0 Å². The number of nitrogens with zero attached hydrogens (tertiary/aromatic N) is 2. The van der Waals surface area contributed by atoms with Crippen molar-refractivity contribution in [3.05, 3.63) is 250 Å². The van der Waals surface area contributed by atoms with Crippen molar-refractivity contribution in [2.75, 3.05) is 9.80 Å². The van der Waals surface area contributed by atoms with E-state index in [1.807, 2.05) is 0 Å². The first-order chi connectivity index (χ1) is 35.6. The summed E-state index contributed by atoms with van der Waals surface area (Å²) in [5.74, 6) is 0. The summed E-state index contributed by atoms with van der Waals surface area (Å²) < 4.78 is 7.50. The van der Waals surface area contributed by atoms with E-state index < -0.39 is 5.41 Å². The van der Waals surface area contributed by atoms with Crippen molar-refractivity contribution in [3.63, 3.8) is 0 Å². The number of fused-ring (bicyclic) bond motifs is 16. The molecule has 10 aromatic carbocycles. The second-order valence-electron chi connectivity index (χ2n) is 23.3. The Bertz CT molecular complexity index is 3990. The Morgan fingerprint density at radius 1 is 0.365 bits per heavy atom. The number of hydrogen-bond donors (Lipinski definition) is 0. The molecule has 13 rings (SSSR count). The van der Waals surface area contributed by atoms with Gasteiger partial charge in [0.1, 0.15) is 11.2 Å². The molecule has 0 bridgehead atoms. The largest absolute Gasteiger partial charge is 0.455 e. The van der Waals surface area contributed by atoms with Crippen LogP contribution in [-0.4, -0.2) is 0 Å². The Balaban J connectivity index is 1.21. The second-order valence-corrected chi connectivity index (χ2v) is 23.3. The van der Waals surface area contributed by atoms with Gasteiger partial charge in [-0.1, -0.05) is 169 Å². The maximum atomic E-state index is 7.50. The molecule has 0 fully saturated rings. The van der Waals surface area contributed by atoms with Gasteiger partial charge in [-0.3, -0.25) is 0 Å². The molecule has 1 aromatic heterocycles. The topological polar surface area (TPSA) is 19.6 Å². The van der Waals surface area contributed by atoms with Gasteiger partial charge < -0.3 is 14.2 Å². The lowest BCUT2D eigenvalue weighted by molar-refractivity contribution is 0.590. The molecule has 0 aliphatic heterocycles. The number of para-hydroxylation sites is 1. The van der Waals surface area contributed by atoms with Crippen molar-refractivity contribution in [3.8, 4) is 22.3 Å². The molecule has 11 aromatic rings. The van der Waals surface area contributed by atoms with Crippen LogP contribution in [-0.2, 0) is 16.2 Å². The summed E-state index contributed by atoms with van der Waals surface area (Å²) in [6.07, 6.45) is 0. The number of furan rings is 1. The third-order valence-electron chi connectivity index (χ3n) is 16.1. The van der Waals surface area contributed by atoms with Crippen LogP contribution in [0.1, 0.15) is 97.2 Å². The van der Waals surface area contributed by atoms with Crippen molar-refractivity contribution in [1.82, 2.24) is 0 Å². The molecular weight excluding hydrogens is 897 g/mol. The van der Waals surface area contributed by atoms with Gasteiger partial charge >= 0.3 is 0 Å². The SMILES string of the molecule is Cc1cc(C)cc(N(c2ccc(C(C)(C)C)cc2)c2cc3c(c4ccccc24)-c2c(cc(N(c4ccc(C(C)(C)C)cc4)c4cc(C)cc(C)c4)c4c2oc2ccccc24)C32c3ccccc3-c3ccccc32)c1. The molecule has 0 atom stereocenters. The summed E-state index contributed by atoms with van der Waals surface area (Å²) in [4.78, 5) is 5.02. The van der Waals surface area contributed by atoms with Crippen LogP contribution in [0.25, 0.3) is 55.0 Å². The molecule has 1 heterocycles. The first kappa shape index (κ1) is 45.7. The number of hydrogen-bond acceptors (Lipinski definition) is 3. The molecule has 362 valence electrons. The van der Waals surface area contributed by atoms with Crippen LogP contribution in [0, 0.1) is 27.7 Å². The average molecular weight is 959 g/mol. The van der Waals surface area contributed by atoms with E-state index in [-0.39, 0.29) is 10.8 Å². The molecular formula is C71H62N2O. The quantitative estimate of drug-likeness (QED) is 0.166. The van der Waals surface area contributed by atoms with Crippen LogP contribution >= 0.6 is 0 Å². The van der Waals surface area contributed by atoms with Crippen molar-refractivity contribution in [2.45, 2.75) is 85.5 Å². The van der Waals surface area contributed by atoms with E-state index in [1.165, 1.54) is 83.1 Å². The Morgan fingerprint density at radius 3 is 1.30 bits per heavy atom. The Hall–Kier alpha value is -8.14. The maximum Gasteiger partial charge on any atom is 0.145 e. The molecule has 3 heteroatoms. The summed E-state index contributed by atoms with van der Waals surface area (Å²) in [5.41, 5.74) is 25.2. The fourth-order valence-electron chi connectivity index (χ4n) is 12.9. The average Bonchev–Trinajstić information content (AvgIpc) is 4.07. The van der Waals surface area contributed by atoms with Crippen molar-refractivity contribution in [2.24, 2.45) is 0 Å². The monoisotopic (exact) mass is 958 g/mol. The number of aryl methyl sites for hydroxylation is 4. The Morgan fingerprint density at radius 2 is 0.784 bits per heavy atom. The van der Waals surface area contributed by atoms with Gasteiger partial charge in [-0.25, -0.2) is 0 Å². The Labute approximate surface area is 436 Å². The van der Waals surface area contributed by atoms with E-state index in [9.17, 15) is 0 Å².